The van der Waals surface area contributed by atoms with Crippen molar-refractivity contribution in [1.82, 2.24) is 10.6 Å². The highest BCUT2D eigenvalue weighted by Crippen LogP contribution is 2.19. The van der Waals surface area contributed by atoms with Gasteiger partial charge in [0.05, 0.1) is 12.1 Å². The highest BCUT2D eigenvalue weighted by atomic mass is 16.2. The Kier molecular flexibility index (Phi) is 7.99. The number of carbonyl (C=O) groups is 2. The van der Waals surface area contributed by atoms with Crippen LogP contribution in [0.4, 0.5) is 0 Å². The van der Waals surface area contributed by atoms with Crippen molar-refractivity contribution < 1.29 is 9.59 Å². The second-order valence-electron chi connectivity index (χ2n) is 8.11. The van der Waals surface area contributed by atoms with Gasteiger partial charge in [0.1, 0.15) is 0 Å². The molecule has 0 spiro atoms. The number of rotatable bonds is 8. The van der Waals surface area contributed by atoms with E-state index in [1.807, 2.05) is 60.7 Å². The zero-order valence-electron chi connectivity index (χ0n) is 17.3. The summed E-state index contributed by atoms with van der Waals surface area (Å²) in [5.41, 5.74) is 14.3. The van der Waals surface area contributed by atoms with Crippen LogP contribution in [0.5, 0.6) is 0 Å². The standard InChI is InChI=1S/C24H32N4O2/c25-19(15-17-9-3-1-4-10-17)23(29)27-21-13-7-8-14-22(21)28-24(30)20(26)16-18-11-5-2-6-12-18/h1-6,9-12,19-22H,7-8,13-16,25-26H2,(H,27,29)(H,28,30)/t19-,20-,21-,22-/m1/s1. The molecule has 1 saturated carbocycles. The van der Waals surface area contributed by atoms with Crippen LogP contribution >= 0.6 is 0 Å². The van der Waals surface area contributed by atoms with Gasteiger partial charge < -0.3 is 22.1 Å². The van der Waals surface area contributed by atoms with Gasteiger partial charge >= 0.3 is 0 Å². The Morgan fingerprint density at radius 3 is 1.47 bits per heavy atom. The molecule has 6 heteroatoms. The van der Waals surface area contributed by atoms with Crippen molar-refractivity contribution in [1.29, 1.82) is 0 Å². The summed E-state index contributed by atoms with van der Waals surface area (Å²) in [7, 11) is 0. The van der Waals surface area contributed by atoms with Crippen LogP contribution in [0.3, 0.4) is 0 Å². The molecule has 1 aliphatic rings. The van der Waals surface area contributed by atoms with Crippen molar-refractivity contribution in [3.63, 3.8) is 0 Å². The van der Waals surface area contributed by atoms with E-state index in [2.05, 4.69) is 10.6 Å². The smallest absolute Gasteiger partial charge is 0.237 e. The lowest BCUT2D eigenvalue weighted by Crippen LogP contribution is -2.58. The molecule has 0 aromatic heterocycles. The average molecular weight is 409 g/mol. The molecule has 0 bridgehead atoms. The largest absolute Gasteiger partial charge is 0.350 e. The van der Waals surface area contributed by atoms with Gasteiger partial charge in [0.15, 0.2) is 0 Å². The molecule has 0 saturated heterocycles. The highest BCUT2D eigenvalue weighted by Gasteiger charge is 2.30. The summed E-state index contributed by atoms with van der Waals surface area (Å²) in [4.78, 5) is 25.3. The Bertz CT molecular complexity index is 743. The van der Waals surface area contributed by atoms with E-state index < -0.39 is 12.1 Å². The van der Waals surface area contributed by atoms with Crippen LogP contribution in [0.15, 0.2) is 60.7 Å². The summed E-state index contributed by atoms with van der Waals surface area (Å²) in [6.45, 7) is 0. The number of nitrogens with two attached hydrogens (primary N) is 2. The Hall–Kier alpha value is -2.70. The summed E-state index contributed by atoms with van der Waals surface area (Å²) in [5.74, 6) is -0.364. The lowest BCUT2D eigenvalue weighted by Gasteiger charge is -2.34. The van der Waals surface area contributed by atoms with E-state index >= 15 is 0 Å². The fourth-order valence-corrected chi connectivity index (χ4v) is 3.98. The van der Waals surface area contributed by atoms with Crippen LogP contribution in [0.25, 0.3) is 0 Å². The van der Waals surface area contributed by atoms with Gasteiger partial charge in [-0.3, -0.25) is 9.59 Å². The Morgan fingerprint density at radius 1 is 0.733 bits per heavy atom. The molecule has 4 atom stereocenters. The van der Waals surface area contributed by atoms with Gasteiger partial charge in [-0.05, 0) is 36.8 Å². The first kappa shape index (κ1) is 22.0. The molecule has 0 aliphatic heterocycles. The molecule has 6 nitrogen and oxygen atoms in total. The van der Waals surface area contributed by atoms with Crippen LogP contribution in [0.1, 0.15) is 36.8 Å². The lowest BCUT2D eigenvalue weighted by molar-refractivity contribution is -0.126. The van der Waals surface area contributed by atoms with Crippen LogP contribution in [0.2, 0.25) is 0 Å². The van der Waals surface area contributed by atoms with Crippen molar-refractivity contribution >= 4 is 11.8 Å². The van der Waals surface area contributed by atoms with Crippen molar-refractivity contribution in [3.05, 3.63) is 71.8 Å². The maximum atomic E-state index is 12.6. The number of hydrogen-bond donors (Lipinski definition) is 4. The van der Waals surface area contributed by atoms with E-state index in [1.54, 1.807) is 0 Å². The minimum Gasteiger partial charge on any atom is -0.350 e. The molecule has 2 amide bonds. The van der Waals surface area contributed by atoms with E-state index in [-0.39, 0.29) is 23.9 Å². The summed E-state index contributed by atoms with van der Waals surface area (Å²) in [6.07, 6.45) is 4.64. The fraction of sp³-hybridized carbons (Fsp3) is 0.417. The predicted molar refractivity (Wildman–Crippen MR) is 119 cm³/mol. The first-order chi connectivity index (χ1) is 14.5. The van der Waals surface area contributed by atoms with Gasteiger partial charge in [-0.2, -0.15) is 0 Å². The Labute approximate surface area is 178 Å². The van der Waals surface area contributed by atoms with E-state index in [0.29, 0.717) is 12.8 Å². The molecule has 160 valence electrons. The van der Waals surface area contributed by atoms with Crippen molar-refractivity contribution in [2.75, 3.05) is 0 Å². The Balaban J connectivity index is 1.53. The van der Waals surface area contributed by atoms with Crippen LogP contribution in [-0.2, 0) is 22.4 Å². The molecule has 0 unspecified atom stereocenters. The maximum Gasteiger partial charge on any atom is 0.237 e. The van der Waals surface area contributed by atoms with Gasteiger partial charge in [0.2, 0.25) is 11.8 Å². The quantitative estimate of drug-likeness (QED) is 0.532. The first-order valence-corrected chi connectivity index (χ1v) is 10.7. The average Bonchev–Trinajstić information content (AvgIpc) is 2.76. The SMILES string of the molecule is N[C@H](Cc1ccccc1)C(=O)N[C@@H]1CCCC[C@H]1NC(=O)[C@H](N)Cc1ccccc1. The molecule has 2 aromatic rings. The summed E-state index contributed by atoms with van der Waals surface area (Å²) < 4.78 is 0. The molecule has 2 aromatic carbocycles. The summed E-state index contributed by atoms with van der Waals surface area (Å²) in [5, 5.41) is 6.13. The van der Waals surface area contributed by atoms with Gasteiger partial charge in [-0.15, -0.1) is 0 Å². The number of hydrogen-bond acceptors (Lipinski definition) is 4. The molecule has 1 fully saturated rings. The normalized spacial score (nSPS) is 20.7. The van der Waals surface area contributed by atoms with Crippen molar-refractivity contribution in [2.24, 2.45) is 11.5 Å². The molecule has 30 heavy (non-hydrogen) atoms. The zero-order chi connectivity index (χ0) is 21.3. The molecular weight excluding hydrogens is 376 g/mol. The Morgan fingerprint density at radius 2 is 1.10 bits per heavy atom. The van der Waals surface area contributed by atoms with Gasteiger partial charge in [0.25, 0.3) is 0 Å². The number of benzene rings is 2. The number of carbonyl (C=O) groups excluding carboxylic acids is 2. The van der Waals surface area contributed by atoms with Gasteiger partial charge in [-0.25, -0.2) is 0 Å². The number of nitrogens with one attached hydrogen (secondary N) is 2. The van der Waals surface area contributed by atoms with Gasteiger partial charge in [0, 0.05) is 12.1 Å². The third kappa shape index (κ3) is 6.40. The van der Waals surface area contributed by atoms with Gasteiger partial charge in [-0.1, -0.05) is 73.5 Å². The minimum absolute atomic E-state index is 0.124. The zero-order valence-corrected chi connectivity index (χ0v) is 17.3. The predicted octanol–water partition coefficient (Wildman–Crippen LogP) is 1.67. The van der Waals surface area contributed by atoms with Crippen LogP contribution in [-0.4, -0.2) is 36.0 Å². The van der Waals surface area contributed by atoms with Crippen LogP contribution < -0.4 is 22.1 Å². The van der Waals surface area contributed by atoms with E-state index in [4.69, 9.17) is 11.5 Å². The molecule has 6 N–H and O–H groups in total. The topological polar surface area (TPSA) is 110 Å². The van der Waals surface area contributed by atoms with E-state index in [0.717, 1.165) is 36.8 Å². The van der Waals surface area contributed by atoms with Crippen molar-refractivity contribution in [3.8, 4) is 0 Å². The van der Waals surface area contributed by atoms with Crippen LogP contribution in [0, 0.1) is 0 Å². The van der Waals surface area contributed by atoms with Crippen molar-refractivity contribution in [2.45, 2.75) is 62.7 Å². The fourth-order valence-electron chi connectivity index (χ4n) is 3.98. The molecule has 3 rings (SSSR count). The summed E-state index contributed by atoms with van der Waals surface area (Å²) in [6, 6.07) is 18.0. The third-order valence-electron chi connectivity index (χ3n) is 5.69. The second-order valence-corrected chi connectivity index (χ2v) is 8.11. The number of amides is 2. The maximum absolute atomic E-state index is 12.6. The first-order valence-electron chi connectivity index (χ1n) is 10.7. The summed E-state index contributed by atoms with van der Waals surface area (Å²) >= 11 is 0. The molecule has 0 heterocycles. The van der Waals surface area contributed by atoms with E-state index in [1.165, 1.54) is 0 Å². The highest BCUT2D eigenvalue weighted by molar-refractivity contribution is 5.83. The molecule has 1 aliphatic carbocycles. The molecular formula is C24H32N4O2. The monoisotopic (exact) mass is 408 g/mol. The van der Waals surface area contributed by atoms with E-state index in [9.17, 15) is 9.59 Å². The lowest BCUT2D eigenvalue weighted by atomic mass is 9.89. The third-order valence-corrected chi connectivity index (χ3v) is 5.69. The molecule has 0 radical (unpaired) electrons. The minimum atomic E-state index is -0.619. The second kappa shape index (κ2) is 10.9.